The topological polar surface area (TPSA) is 59.9 Å². The molecular formula is C14H9BrN2O2. The van der Waals surface area contributed by atoms with Crippen LogP contribution < -0.4 is 0 Å². The van der Waals surface area contributed by atoms with Crippen LogP contribution in [0.15, 0.2) is 47.2 Å². The third kappa shape index (κ3) is 3.66. The number of benzene rings is 1. The smallest absolute Gasteiger partial charge is 0.185 e. The maximum absolute atomic E-state index is 11.8. The molecule has 0 aliphatic carbocycles. The van der Waals surface area contributed by atoms with Gasteiger partial charge in [0.05, 0.1) is 4.47 Å². The largest absolute Gasteiger partial charge is 0.298 e. The van der Waals surface area contributed by atoms with E-state index in [1.54, 1.807) is 42.7 Å². The number of rotatable bonds is 4. The summed E-state index contributed by atoms with van der Waals surface area (Å²) in [6, 6.07) is 6.42. The number of carbonyl (C=O) groups is 2. The first-order valence-electron chi connectivity index (χ1n) is 5.44. The van der Waals surface area contributed by atoms with Crippen molar-refractivity contribution in [1.29, 1.82) is 0 Å². The quantitative estimate of drug-likeness (QED) is 0.494. The van der Waals surface area contributed by atoms with E-state index in [2.05, 4.69) is 25.9 Å². The van der Waals surface area contributed by atoms with Gasteiger partial charge < -0.3 is 0 Å². The highest BCUT2D eigenvalue weighted by molar-refractivity contribution is 9.10. The van der Waals surface area contributed by atoms with E-state index in [9.17, 15) is 9.59 Å². The number of carbonyl (C=O) groups excluding carboxylic acids is 2. The van der Waals surface area contributed by atoms with E-state index < -0.39 is 0 Å². The highest BCUT2D eigenvalue weighted by Crippen LogP contribution is 2.07. The molecule has 0 spiro atoms. The van der Waals surface area contributed by atoms with E-state index in [1.165, 1.54) is 6.08 Å². The molecule has 0 saturated heterocycles. The number of aldehydes is 1. The average Bonchev–Trinajstić information content (AvgIpc) is 2.46. The van der Waals surface area contributed by atoms with Gasteiger partial charge >= 0.3 is 0 Å². The molecule has 0 saturated carbocycles. The fourth-order valence-corrected chi connectivity index (χ4v) is 1.59. The fourth-order valence-electron chi connectivity index (χ4n) is 1.38. The molecule has 0 atom stereocenters. The van der Waals surface area contributed by atoms with Crippen LogP contribution in [0.1, 0.15) is 26.5 Å². The third-order valence-corrected chi connectivity index (χ3v) is 2.76. The SMILES string of the molecule is O=Cc1ccc(C(=O)/C=C/c2ncc(Br)cn2)cc1. The molecular weight excluding hydrogens is 308 g/mol. The van der Waals surface area contributed by atoms with E-state index in [4.69, 9.17) is 0 Å². The van der Waals surface area contributed by atoms with Gasteiger partial charge in [0.2, 0.25) is 0 Å². The zero-order valence-electron chi connectivity index (χ0n) is 9.79. The number of aromatic nitrogens is 2. The van der Waals surface area contributed by atoms with Crippen molar-refractivity contribution in [2.24, 2.45) is 0 Å². The first kappa shape index (κ1) is 13.3. The summed E-state index contributed by atoms with van der Waals surface area (Å²) in [7, 11) is 0. The molecule has 5 heteroatoms. The lowest BCUT2D eigenvalue weighted by Crippen LogP contribution is -1.95. The van der Waals surface area contributed by atoms with Crippen molar-refractivity contribution < 1.29 is 9.59 Å². The van der Waals surface area contributed by atoms with Crippen molar-refractivity contribution in [2.75, 3.05) is 0 Å². The summed E-state index contributed by atoms with van der Waals surface area (Å²) in [5, 5.41) is 0. The summed E-state index contributed by atoms with van der Waals surface area (Å²) in [5.41, 5.74) is 1.05. The van der Waals surface area contributed by atoms with Crippen molar-refractivity contribution in [2.45, 2.75) is 0 Å². The number of hydrogen-bond acceptors (Lipinski definition) is 4. The average molecular weight is 317 g/mol. The Labute approximate surface area is 118 Å². The molecule has 94 valence electrons. The summed E-state index contributed by atoms with van der Waals surface area (Å²) in [5.74, 6) is 0.296. The lowest BCUT2D eigenvalue weighted by molar-refractivity contribution is 0.104. The molecule has 0 fully saturated rings. The summed E-state index contributed by atoms with van der Waals surface area (Å²) in [4.78, 5) is 30.4. The normalized spacial score (nSPS) is 10.6. The lowest BCUT2D eigenvalue weighted by atomic mass is 10.1. The number of allylic oxidation sites excluding steroid dienone is 1. The molecule has 0 radical (unpaired) electrons. The van der Waals surface area contributed by atoms with Crippen molar-refractivity contribution in [3.63, 3.8) is 0 Å². The molecule has 0 bridgehead atoms. The predicted octanol–water partition coefficient (Wildman–Crippen LogP) is 2.95. The number of hydrogen-bond donors (Lipinski definition) is 0. The Balaban J connectivity index is 2.11. The second-order valence-electron chi connectivity index (χ2n) is 3.70. The Kier molecular flexibility index (Phi) is 4.30. The van der Waals surface area contributed by atoms with Crippen molar-refractivity contribution >= 4 is 34.1 Å². The minimum absolute atomic E-state index is 0.163. The van der Waals surface area contributed by atoms with Gasteiger partial charge in [-0.25, -0.2) is 9.97 Å². The summed E-state index contributed by atoms with van der Waals surface area (Å²) < 4.78 is 0.778. The summed E-state index contributed by atoms with van der Waals surface area (Å²) in [6.07, 6.45) is 6.90. The van der Waals surface area contributed by atoms with Crippen LogP contribution in [0.25, 0.3) is 6.08 Å². The predicted molar refractivity (Wildman–Crippen MR) is 74.9 cm³/mol. The highest BCUT2D eigenvalue weighted by Gasteiger charge is 2.01. The maximum Gasteiger partial charge on any atom is 0.185 e. The van der Waals surface area contributed by atoms with E-state index in [1.807, 2.05) is 0 Å². The van der Waals surface area contributed by atoms with Gasteiger partial charge in [-0.1, -0.05) is 24.3 Å². The molecule has 1 heterocycles. The van der Waals surface area contributed by atoms with Gasteiger partial charge in [-0.15, -0.1) is 0 Å². The second kappa shape index (κ2) is 6.15. The van der Waals surface area contributed by atoms with E-state index >= 15 is 0 Å². The van der Waals surface area contributed by atoms with Gasteiger partial charge in [0.15, 0.2) is 11.6 Å². The van der Waals surface area contributed by atoms with Crippen LogP contribution >= 0.6 is 15.9 Å². The molecule has 19 heavy (non-hydrogen) atoms. The summed E-state index contributed by atoms with van der Waals surface area (Å²) in [6.45, 7) is 0. The van der Waals surface area contributed by atoms with Crippen LogP contribution in [0.3, 0.4) is 0 Å². The van der Waals surface area contributed by atoms with Crippen molar-refractivity contribution in [1.82, 2.24) is 9.97 Å². The standard InChI is InChI=1S/C14H9BrN2O2/c15-12-7-16-14(17-8-12)6-5-13(19)11-3-1-10(9-18)2-4-11/h1-9H/b6-5+. The molecule has 0 amide bonds. The van der Waals surface area contributed by atoms with Gasteiger partial charge in [0.1, 0.15) is 6.29 Å². The van der Waals surface area contributed by atoms with Crippen LogP contribution in [0.4, 0.5) is 0 Å². The van der Waals surface area contributed by atoms with Crippen LogP contribution in [0.5, 0.6) is 0 Å². The van der Waals surface area contributed by atoms with Crippen LogP contribution in [0.2, 0.25) is 0 Å². The number of ketones is 1. The highest BCUT2D eigenvalue weighted by atomic mass is 79.9. The van der Waals surface area contributed by atoms with E-state index in [0.29, 0.717) is 17.0 Å². The minimum Gasteiger partial charge on any atom is -0.298 e. The zero-order chi connectivity index (χ0) is 13.7. The van der Waals surface area contributed by atoms with Crippen LogP contribution in [-0.2, 0) is 0 Å². The zero-order valence-corrected chi connectivity index (χ0v) is 11.4. The van der Waals surface area contributed by atoms with Gasteiger partial charge in [0, 0.05) is 23.5 Å². The molecule has 2 aromatic rings. The van der Waals surface area contributed by atoms with Crippen molar-refractivity contribution in [3.05, 3.63) is 64.2 Å². The maximum atomic E-state index is 11.8. The van der Waals surface area contributed by atoms with Crippen LogP contribution in [0, 0.1) is 0 Å². The van der Waals surface area contributed by atoms with Gasteiger partial charge in [-0.2, -0.15) is 0 Å². The molecule has 0 aliphatic rings. The second-order valence-corrected chi connectivity index (χ2v) is 4.61. The first-order chi connectivity index (χ1) is 9.19. The monoisotopic (exact) mass is 316 g/mol. The Hall–Kier alpha value is -2.14. The van der Waals surface area contributed by atoms with Gasteiger partial charge in [0.25, 0.3) is 0 Å². The van der Waals surface area contributed by atoms with E-state index in [-0.39, 0.29) is 5.78 Å². The number of nitrogens with zero attached hydrogens (tertiary/aromatic N) is 2. The Bertz CT molecular complexity index is 619. The molecule has 1 aromatic heterocycles. The fraction of sp³-hybridized carbons (Fsp3) is 0. The van der Waals surface area contributed by atoms with Gasteiger partial charge in [-0.3, -0.25) is 9.59 Å². The minimum atomic E-state index is -0.163. The van der Waals surface area contributed by atoms with Crippen molar-refractivity contribution in [3.8, 4) is 0 Å². The summed E-state index contributed by atoms with van der Waals surface area (Å²) >= 11 is 3.23. The molecule has 0 unspecified atom stereocenters. The van der Waals surface area contributed by atoms with Gasteiger partial charge in [-0.05, 0) is 28.1 Å². The Morgan fingerprint density at radius 2 is 1.74 bits per heavy atom. The molecule has 0 aliphatic heterocycles. The first-order valence-corrected chi connectivity index (χ1v) is 6.23. The molecule has 0 N–H and O–H groups in total. The number of halogens is 1. The Morgan fingerprint density at radius 3 is 2.32 bits per heavy atom. The lowest BCUT2D eigenvalue weighted by Gasteiger charge is -1.96. The third-order valence-electron chi connectivity index (χ3n) is 2.36. The van der Waals surface area contributed by atoms with Crippen LogP contribution in [-0.4, -0.2) is 22.0 Å². The molecule has 4 nitrogen and oxygen atoms in total. The Morgan fingerprint density at radius 1 is 1.11 bits per heavy atom. The van der Waals surface area contributed by atoms with E-state index in [0.717, 1.165) is 10.8 Å². The molecule has 1 aromatic carbocycles. The molecule has 2 rings (SSSR count).